The normalized spacial score (nSPS) is 30.6. The standard InChI is InChI=1S/C28H25ClN2O4/c1-2-22(25(32)15-8-4-3-5-9-15)30(26(33)18-10-6-7-11-21(18)29)31-27(34)23-16-12-13-17(20-14-19(16)20)24(23)28(31)35/h3-13,16-17,19-20,22-24H,2,14H2,1H3/t16-,17-,19-,20-,22+,23+,24+/m0/s1. The number of halogens is 1. The molecule has 2 bridgehead atoms. The Labute approximate surface area is 208 Å². The van der Waals surface area contributed by atoms with Crippen molar-refractivity contribution in [2.45, 2.75) is 25.8 Å². The Morgan fingerprint density at radius 1 is 0.943 bits per heavy atom. The summed E-state index contributed by atoms with van der Waals surface area (Å²) in [5, 5.41) is 2.29. The molecule has 0 spiro atoms. The maximum atomic E-state index is 14.0. The lowest BCUT2D eigenvalue weighted by Crippen LogP contribution is -2.57. The number of benzene rings is 2. The van der Waals surface area contributed by atoms with Gasteiger partial charge in [-0.2, -0.15) is 5.01 Å². The van der Waals surface area contributed by atoms with Gasteiger partial charge in [0, 0.05) is 5.56 Å². The van der Waals surface area contributed by atoms with E-state index < -0.39 is 23.8 Å². The molecule has 178 valence electrons. The largest absolute Gasteiger partial charge is 0.292 e. The van der Waals surface area contributed by atoms with E-state index in [2.05, 4.69) is 12.2 Å². The third-order valence-corrected chi connectivity index (χ3v) is 8.54. The van der Waals surface area contributed by atoms with Crippen molar-refractivity contribution >= 4 is 35.1 Å². The molecule has 3 fully saturated rings. The molecule has 1 saturated heterocycles. The molecule has 3 amide bonds. The van der Waals surface area contributed by atoms with E-state index in [1.165, 1.54) is 0 Å². The van der Waals surface area contributed by atoms with Gasteiger partial charge in [-0.25, -0.2) is 5.01 Å². The summed E-state index contributed by atoms with van der Waals surface area (Å²) in [4.78, 5) is 55.4. The highest BCUT2D eigenvalue weighted by atomic mass is 35.5. The van der Waals surface area contributed by atoms with E-state index in [4.69, 9.17) is 11.6 Å². The Hall–Kier alpha value is -3.25. The minimum absolute atomic E-state index is 0.0126. The van der Waals surface area contributed by atoms with Crippen molar-refractivity contribution in [1.29, 1.82) is 0 Å². The fourth-order valence-electron chi connectivity index (χ4n) is 6.55. The van der Waals surface area contributed by atoms with Crippen LogP contribution in [0.25, 0.3) is 0 Å². The molecule has 7 rings (SSSR count). The molecule has 6 nitrogen and oxygen atoms in total. The number of Topliss-reactive ketones (excluding diaryl/α,β-unsaturated/α-hetero) is 1. The number of ketones is 1. The lowest BCUT2D eigenvalue weighted by atomic mass is 9.63. The predicted molar refractivity (Wildman–Crippen MR) is 129 cm³/mol. The van der Waals surface area contributed by atoms with E-state index in [1.54, 1.807) is 61.5 Å². The van der Waals surface area contributed by atoms with E-state index >= 15 is 0 Å². The van der Waals surface area contributed by atoms with Crippen LogP contribution in [0.15, 0.2) is 66.7 Å². The van der Waals surface area contributed by atoms with Gasteiger partial charge in [0.25, 0.3) is 17.7 Å². The second-order valence-electron chi connectivity index (χ2n) is 9.93. The highest BCUT2D eigenvalue weighted by Crippen LogP contribution is 2.65. The van der Waals surface area contributed by atoms with Crippen molar-refractivity contribution in [3.63, 3.8) is 0 Å². The summed E-state index contributed by atoms with van der Waals surface area (Å²) in [6.07, 6.45) is 5.44. The first kappa shape index (κ1) is 22.2. The minimum atomic E-state index is -1.03. The number of allylic oxidation sites excluding steroid dienone is 2. The molecule has 7 heteroatoms. The van der Waals surface area contributed by atoms with Crippen LogP contribution in [0.4, 0.5) is 0 Å². The number of hydrogen-bond donors (Lipinski definition) is 0. The van der Waals surface area contributed by atoms with Crippen LogP contribution in [0.3, 0.4) is 0 Å². The molecule has 2 saturated carbocycles. The Morgan fingerprint density at radius 3 is 2.09 bits per heavy atom. The van der Waals surface area contributed by atoms with Crippen molar-refractivity contribution in [2.75, 3.05) is 0 Å². The summed E-state index contributed by atoms with van der Waals surface area (Å²) in [5.74, 6) is -1.79. The summed E-state index contributed by atoms with van der Waals surface area (Å²) in [6, 6.07) is 14.1. The summed E-state index contributed by atoms with van der Waals surface area (Å²) < 4.78 is 0. The number of imide groups is 1. The van der Waals surface area contributed by atoms with Crippen molar-refractivity contribution in [1.82, 2.24) is 10.0 Å². The topological polar surface area (TPSA) is 74.8 Å². The number of carbonyl (C=O) groups is 4. The maximum Gasteiger partial charge on any atom is 0.275 e. The molecule has 0 aromatic heterocycles. The van der Waals surface area contributed by atoms with Gasteiger partial charge >= 0.3 is 0 Å². The van der Waals surface area contributed by atoms with Gasteiger partial charge in [0.05, 0.1) is 22.4 Å². The SMILES string of the molecule is CC[C@H](C(=O)c1ccccc1)N(C(=O)c1ccccc1Cl)N1C(=O)[C@@H]2[C@H]3C=C[C@@H]([C@@H]4C[C@@H]34)[C@H]2C1=O. The van der Waals surface area contributed by atoms with Crippen LogP contribution in [-0.4, -0.2) is 39.6 Å². The summed E-state index contributed by atoms with van der Waals surface area (Å²) in [5.41, 5.74) is 0.559. The fraction of sp³-hybridized carbons (Fsp3) is 0.357. The van der Waals surface area contributed by atoms with Crippen molar-refractivity contribution in [3.8, 4) is 0 Å². The summed E-state index contributed by atoms with van der Waals surface area (Å²) in [6.45, 7) is 1.77. The molecule has 0 N–H and O–H groups in total. The molecule has 1 heterocycles. The van der Waals surface area contributed by atoms with Crippen LogP contribution in [0.2, 0.25) is 5.02 Å². The van der Waals surface area contributed by atoms with Crippen LogP contribution < -0.4 is 0 Å². The lowest BCUT2D eigenvalue weighted by molar-refractivity contribution is -0.157. The van der Waals surface area contributed by atoms with E-state index in [1.807, 2.05) is 0 Å². The van der Waals surface area contributed by atoms with E-state index in [-0.39, 0.29) is 46.4 Å². The van der Waals surface area contributed by atoms with Gasteiger partial charge < -0.3 is 0 Å². The summed E-state index contributed by atoms with van der Waals surface area (Å²) in [7, 11) is 0. The zero-order chi connectivity index (χ0) is 24.4. The Bertz CT molecular complexity index is 1240. The average Bonchev–Trinajstić information content (AvgIpc) is 3.66. The second-order valence-corrected chi connectivity index (χ2v) is 10.3. The number of hydrogen-bond acceptors (Lipinski definition) is 4. The molecule has 2 aromatic rings. The van der Waals surface area contributed by atoms with Gasteiger partial charge in [-0.3, -0.25) is 19.2 Å². The molecule has 0 unspecified atom stereocenters. The second kappa shape index (κ2) is 8.16. The van der Waals surface area contributed by atoms with Crippen LogP contribution in [0.5, 0.6) is 0 Å². The Balaban J connectivity index is 1.44. The molecular weight excluding hydrogens is 464 g/mol. The first-order chi connectivity index (χ1) is 16.9. The first-order valence-corrected chi connectivity index (χ1v) is 12.5. The fourth-order valence-corrected chi connectivity index (χ4v) is 6.76. The van der Waals surface area contributed by atoms with Crippen LogP contribution in [-0.2, 0) is 9.59 Å². The molecule has 2 aromatic carbocycles. The number of nitrogens with zero attached hydrogens (tertiary/aromatic N) is 2. The zero-order valence-corrected chi connectivity index (χ0v) is 20.0. The van der Waals surface area contributed by atoms with E-state index in [9.17, 15) is 19.2 Å². The number of amides is 3. The van der Waals surface area contributed by atoms with Crippen LogP contribution >= 0.6 is 11.6 Å². The van der Waals surface area contributed by atoms with E-state index in [0.717, 1.165) is 16.4 Å². The first-order valence-electron chi connectivity index (χ1n) is 12.2. The number of rotatable bonds is 6. The summed E-state index contributed by atoms with van der Waals surface area (Å²) >= 11 is 6.36. The highest BCUT2D eigenvalue weighted by Gasteiger charge is 2.68. The van der Waals surface area contributed by atoms with Gasteiger partial charge in [-0.15, -0.1) is 0 Å². The van der Waals surface area contributed by atoms with Crippen LogP contribution in [0.1, 0.15) is 40.5 Å². The Morgan fingerprint density at radius 2 is 1.51 bits per heavy atom. The van der Waals surface area contributed by atoms with Gasteiger partial charge in [0.2, 0.25) is 0 Å². The van der Waals surface area contributed by atoms with Crippen LogP contribution in [0, 0.1) is 35.5 Å². The Kier molecular flexibility index (Phi) is 5.18. The molecule has 1 aliphatic heterocycles. The van der Waals surface area contributed by atoms with Crippen molar-refractivity contribution in [3.05, 3.63) is 82.9 Å². The average molecular weight is 489 g/mol. The number of carbonyl (C=O) groups excluding carboxylic acids is 4. The maximum absolute atomic E-state index is 14.0. The van der Waals surface area contributed by atoms with Gasteiger partial charge in [-0.05, 0) is 48.6 Å². The third-order valence-electron chi connectivity index (χ3n) is 8.21. The highest BCUT2D eigenvalue weighted by molar-refractivity contribution is 6.34. The quantitative estimate of drug-likeness (QED) is 0.343. The van der Waals surface area contributed by atoms with Gasteiger partial charge in [0.15, 0.2) is 5.78 Å². The smallest absolute Gasteiger partial charge is 0.275 e. The molecule has 4 aliphatic carbocycles. The zero-order valence-electron chi connectivity index (χ0n) is 19.2. The monoisotopic (exact) mass is 488 g/mol. The van der Waals surface area contributed by atoms with Crippen molar-refractivity contribution < 1.29 is 19.2 Å². The predicted octanol–water partition coefficient (Wildman–Crippen LogP) is 4.41. The van der Waals surface area contributed by atoms with Gasteiger partial charge in [-0.1, -0.05) is 73.1 Å². The van der Waals surface area contributed by atoms with Gasteiger partial charge in [0.1, 0.15) is 6.04 Å². The molecular formula is C28H25ClN2O4. The number of hydrazine groups is 1. The van der Waals surface area contributed by atoms with E-state index in [0.29, 0.717) is 17.4 Å². The lowest BCUT2D eigenvalue weighted by Gasteiger charge is -2.37. The molecule has 35 heavy (non-hydrogen) atoms. The minimum Gasteiger partial charge on any atom is -0.292 e. The molecule has 7 atom stereocenters. The molecule has 0 radical (unpaired) electrons. The third kappa shape index (κ3) is 3.23. The van der Waals surface area contributed by atoms with Crippen molar-refractivity contribution in [2.24, 2.45) is 35.5 Å². The molecule has 5 aliphatic rings.